The van der Waals surface area contributed by atoms with Gasteiger partial charge in [0.1, 0.15) is 0 Å². The predicted molar refractivity (Wildman–Crippen MR) is 125 cm³/mol. The maximum atomic E-state index is 3.61. The first-order valence-corrected chi connectivity index (χ1v) is 12.6. The zero-order valence-corrected chi connectivity index (χ0v) is 24.6. The van der Waals surface area contributed by atoms with Gasteiger partial charge in [-0.05, 0) is 7.63 Å². The molecule has 0 saturated carbocycles. The second-order valence-corrected chi connectivity index (χ2v) is 12.6. The molecule has 4 aliphatic rings. The van der Waals surface area contributed by atoms with E-state index in [1.165, 1.54) is 41.8 Å². The summed E-state index contributed by atoms with van der Waals surface area (Å²) in [6, 6.07) is 13.3. The molecule has 0 N–H and O–H groups in total. The van der Waals surface area contributed by atoms with E-state index in [0.29, 0.717) is 10.5 Å². The zero-order chi connectivity index (χ0) is 18.1. The molecule has 0 spiro atoms. The van der Waals surface area contributed by atoms with Crippen molar-refractivity contribution in [3.63, 3.8) is 0 Å². The molecule has 2 unspecified atom stereocenters. The Morgan fingerprint density at radius 2 is 1.43 bits per heavy atom. The van der Waals surface area contributed by atoms with Crippen molar-refractivity contribution in [2.24, 2.45) is 0 Å². The topological polar surface area (TPSA) is 0 Å². The quantitative estimate of drug-likeness (QED) is 0.337. The molecule has 2 heterocycles. The SMILES string of the molecule is BrC1=[C-]C2=c3cccc(Sc4cccc5c4=C4[C-]=C(Br)SC4C=5)c3=CC2S1.[Cl-].[Cl-].[Zr+4]. The van der Waals surface area contributed by atoms with Crippen molar-refractivity contribution in [2.75, 3.05) is 0 Å². The Balaban J connectivity index is 0.000000853. The fourth-order valence-electron chi connectivity index (χ4n) is 3.95. The number of allylic oxidation sites excluding steroid dienone is 2. The maximum Gasteiger partial charge on any atom is 4.00 e. The zero-order valence-electron chi connectivity index (χ0n) is 15.0. The van der Waals surface area contributed by atoms with Gasteiger partial charge in [-0.1, -0.05) is 84.5 Å². The summed E-state index contributed by atoms with van der Waals surface area (Å²) in [6.07, 6.45) is 11.7. The standard InChI is InChI=1S/C22H10Br2S3.2ClH.Zr/c23-20-9-14-12-4-2-5-16(13(12)8-19(14)27-20)25-17-6-1-3-11-7-18-15(22(11)17)10-21(24)26-18;;;/h1-8,18-19H;2*1H;/q-2;;;+4/p-2. The molecule has 0 saturated heterocycles. The van der Waals surface area contributed by atoms with Gasteiger partial charge in [0.25, 0.3) is 0 Å². The van der Waals surface area contributed by atoms with Crippen LogP contribution in [0, 0.1) is 12.2 Å². The summed E-state index contributed by atoms with van der Waals surface area (Å²) in [7, 11) is 0. The van der Waals surface area contributed by atoms with E-state index in [0.717, 1.165) is 7.63 Å². The Hall–Kier alpha value is 0.873. The number of fused-ring (bicyclic) bond motifs is 4. The van der Waals surface area contributed by atoms with Gasteiger partial charge in [-0.25, -0.2) is 12.2 Å². The van der Waals surface area contributed by atoms with Crippen LogP contribution in [0.25, 0.3) is 23.3 Å². The second kappa shape index (κ2) is 10.0. The molecule has 148 valence electrons. The van der Waals surface area contributed by atoms with Crippen molar-refractivity contribution < 1.29 is 51.0 Å². The predicted octanol–water partition coefficient (Wildman–Crippen LogP) is -1.96. The van der Waals surface area contributed by atoms with Crippen molar-refractivity contribution in [3.05, 3.63) is 77.1 Å². The number of hydrogen-bond acceptors (Lipinski definition) is 3. The van der Waals surface area contributed by atoms with Crippen LogP contribution in [0.4, 0.5) is 0 Å². The summed E-state index contributed by atoms with van der Waals surface area (Å²) in [4.78, 5) is 2.63. The van der Waals surface area contributed by atoms with Crippen LogP contribution in [0.5, 0.6) is 0 Å². The van der Waals surface area contributed by atoms with Crippen molar-refractivity contribution >= 4 is 90.4 Å². The Kier molecular flexibility index (Phi) is 8.51. The Morgan fingerprint density at radius 3 is 2.20 bits per heavy atom. The molecule has 2 aliphatic carbocycles. The number of halogens is 4. The first-order chi connectivity index (χ1) is 13.2. The third-order valence-corrected chi connectivity index (χ3v) is 9.57. The Bertz CT molecular complexity index is 1350. The number of thioether (sulfide) groups is 2. The molecule has 0 fully saturated rings. The normalized spacial score (nSPS) is 21.5. The van der Waals surface area contributed by atoms with E-state index in [9.17, 15) is 0 Å². The van der Waals surface area contributed by atoms with Gasteiger partial charge >= 0.3 is 26.2 Å². The molecule has 0 bridgehead atoms. The minimum atomic E-state index is 0. The van der Waals surface area contributed by atoms with Gasteiger partial charge in [-0.2, -0.15) is 16.4 Å². The summed E-state index contributed by atoms with van der Waals surface area (Å²) in [5.41, 5.74) is 2.61. The van der Waals surface area contributed by atoms with Gasteiger partial charge in [0.2, 0.25) is 0 Å². The Labute approximate surface area is 236 Å². The summed E-state index contributed by atoms with van der Waals surface area (Å²) < 4.78 is 2.21. The molecule has 30 heavy (non-hydrogen) atoms. The monoisotopic (exact) mass is 688 g/mol. The molecular formula is C22H10Br2Cl2S3Zr. The minimum absolute atomic E-state index is 0. The average Bonchev–Trinajstić information content (AvgIpc) is 3.34. The van der Waals surface area contributed by atoms with Crippen molar-refractivity contribution in [2.45, 2.75) is 20.3 Å². The molecule has 6 rings (SSSR count). The van der Waals surface area contributed by atoms with E-state index in [-0.39, 0.29) is 51.0 Å². The molecule has 2 atom stereocenters. The van der Waals surface area contributed by atoms with E-state index in [2.05, 4.69) is 92.6 Å². The van der Waals surface area contributed by atoms with Gasteiger partial charge < -0.3 is 24.8 Å². The van der Waals surface area contributed by atoms with E-state index < -0.39 is 0 Å². The molecule has 0 radical (unpaired) electrons. The van der Waals surface area contributed by atoms with Crippen molar-refractivity contribution in [1.82, 2.24) is 0 Å². The third kappa shape index (κ3) is 4.22. The molecule has 2 aromatic carbocycles. The number of rotatable bonds is 2. The largest absolute Gasteiger partial charge is 4.00 e. The summed E-state index contributed by atoms with van der Waals surface area (Å²) in [5, 5.41) is 6.14. The van der Waals surface area contributed by atoms with Gasteiger partial charge in [-0.15, -0.1) is 51.8 Å². The average molecular weight is 692 g/mol. The summed E-state index contributed by atoms with van der Waals surface area (Å²) in [6.45, 7) is 0. The fraction of sp³-hybridized carbons (Fsp3) is 0.0909. The van der Waals surface area contributed by atoms with E-state index in [4.69, 9.17) is 0 Å². The van der Waals surface area contributed by atoms with Gasteiger partial charge in [0.05, 0.1) is 0 Å². The van der Waals surface area contributed by atoms with Gasteiger partial charge in [0.15, 0.2) is 0 Å². The summed E-state index contributed by atoms with van der Waals surface area (Å²) >= 11 is 12.7. The molecule has 0 nitrogen and oxygen atoms in total. The van der Waals surface area contributed by atoms with Crippen molar-refractivity contribution in [1.29, 1.82) is 0 Å². The van der Waals surface area contributed by atoms with Gasteiger partial charge in [0, 0.05) is 15.4 Å². The molecular weight excluding hydrogens is 682 g/mol. The smallest absolute Gasteiger partial charge is 1.00 e. The number of benzene rings is 2. The molecule has 0 aromatic heterocycles. The maximum absolute atomic E-state index is 3.61. The van der Waals surface area contributed by atoms with Crippen LogP contribution in [-0.2, 0) is 26.2 Å². The second-order valence-electron chi connectivity index (χ2n) is 6.57. The first-order valence-electron chi connectivity index (χ1n) is 8.48. The van der Waals surface area contributed by atoms with Crippen LogP contribution >= 0.6 is 67.1 Å². The molecule has 2 aromatic rings. The van der Waals surface area contributed by atoms with Crippen LogP contribution in [0.2, 0.25) is 0 Å². The first kappa shape index (κ1) is 25.5. The van der Waals surface area contributed by atoms with Crippen LogP contribution < -0.4 is 45.7 Å². The molecule has 8 heteroatoms. The van der Waals surface area contributed by atoms with Gasteiger partial charge in [-0.3, -0.25) is 0 Å². The van der Waals surface area contributed by atoms with Crippen molar-refractivity contribution in [3.8, 4) is 0 Å². The van der Waals surface area contributed by atoms with E-state index in [1.807, 2.05) is 35.3 Å². The van der Waals surface area contributed by atoms with Crippen LogP contribution in [0.3, 0.4) is 0 Å². The minimum Gasteiger partial charge on any atom is -1.00 e. The third-order valence-electron chi connectivity index (χ3n) is 5.05. The fourth-order valence-corrected chi connectivity index (χ4v) is 8.53. The molecule has 0 amide bonds. The Morgan fingerprint density at radius 1 is 0.800 bits per heavy atom. The van der Waals surface area contributed by atoms with E-state index in [1.54, 1.807) is 0 Å². The van der Waals surface area contributed by atoms with Crippen LogP contribution in [-0.4, -0.2) is 10.5 Å². The van der Waals surface area contributed by atoms with Crippen LogP contribution in [0.1, 0.15) is 0 Å². The summed E-state index contributed by atoms with van der Waals surface area (Å²) in [5.74, 6) is 0. The van der Waals surface area contributed by atoms with Crippen LogP contribution in [0.15, 0.2) is 53.8 Å². The number of hydrogen-bond donors (Lipinski definition) is 0. The van der Waals surface area contributed by atoms with E-state index >= 15 is 0 Å². The molecule has 2 aliphatic heterocycles.